The monoisotopic (exact) mass is 362 g/mol. The van der Waals surface area contributed by atoms with Gasteiger partial charge in [-0.25, -0.2) is 0 Å². The third-order valence-electron chi connectivity index (χ3n) is 3.81. The Hall–Kier alpha value is -3.04. The molecule has 0 radical (unpaired) electrons. The molecule has 0 aliphatic carbocycles. The smallest absolute Gasteiger partial charge is 0.225 e. The van der Waals surface area contributed by atoms with E-state index < -0.39 is 0 Å². The van der Waals surface area contributed by atoms with E-state index >= 15 is 0 Å². The molecule has 130 valence electrons. The number of hydrogen-bond donors (Lipinski definition) is 2. The summed E-state index contributed by atoms with van der Waals surface area (Å²) in [6.45, 7) is 0. The van der Waals surface area contributed by atoms with Crippen LogP contribution in [0.1, 0.15) is 23.1 Å². The van der Waals surface area contributed by atoms with E-state index in [-0.39, 0.29) is 5.91 Å². The average Bonchev–Trinajstić information content (AvgIpc) is 3.07. The fourth-order valence-corrected chi connectivity index (χ4v) is 3.35. The van der Waals surface area contributed by atoms with Gasteiger partial charge in [0.05, 0.1) is 0 Å². The second kappa shape index (κ2) is 8.88. The summed E-state index contributed by atoms with van der Waals surface area (Å²) in [5.74, 6) is 0.927. The van der Waals surface area contributed by atoms with Gasteiger partial charge in [-0.1, -0.05) is 72.4 Å². The van der Waals surface area contributed by atoms with E-state index in [1.54, 1.807) is 0 Å². The van der Waals surface area contributed by atoms with Gasteiger partial charge in [0.25, 0.3) is 0 Å². The van der Waals surface area contributed by atoms with Crippen molar-refractivity contribution in [2.24, 2.45) is 0 Å². The number of amides is 1. The van der Waals surface area contributed by atoms with Crippen molar-refractivity contribution in [3.63, 3.8) is 0 Å². The predicted octanol–water partition coefficient (Wildman–Crippen LogP) is 4.14. The maximum absolute atomic E-state index is 12.2. The number of aromatic nitrogens is 2. The molecular weight excluding hydrogens is 344 g/mol. The Morgan fingerprint density at radius 3 is 2.38 bits per heavy atom. The van der Waals surface area contributed by atoms with E-state index in [0.717, 1.165) is 11.1 Å². The van der Waals surface area contributed by atoms with Crippen LogP contribution in [0.2, 0.25) is 0 Å². The number of benzene rings is 2. The molecule has 2 aromatic carbocycles. The van der Waals surface area contributed by atoms with Crippen LogP contribution in [0.25, 0.3) is 0 Å². The molecule has 0 unspecified atom stereocenters. The number of aromatic amines is 1. The molecule has 0 aliphatic heterocycles. The fourth-order valence-electron chi connectivity index (χ4n) is 2.45. The normalized spacial score (nSPS) is 10.3. The molecule has 5 nitrogen and oxygen atoms in total. The van der Waals surface area contributed by atoms with Gasteiger partial charge in [0, 0.05) is 12.2 Å². The van der Waals surface area contributed by atoms with Crippen LogP contribution < -0.4 is 5.32 Å². The van der Waals surface area contributed by atoms with Gasteiger partial charge in [-0.2, -0.15) is 10.4 Å². The van der Waals surface area contributed by atoms with Gasteiger partial charge < -0.3 is 5.32 Å². The number of nitrogens with zero attached hydrogens (tertiary/aromatic N) is 2. The largest absolute Gasteiger partial charge is 0.310 e. The van der Waals surface area contributed by atoms with Gasteiger partial charge in [0.2, 0.25) is 5.91 Å². The quantitative estimate of drug-likeness (QED) is 0.619. The summed E-state index contributed by atoms with van der Waals surface area (Å²) in [5, 5.41) is 19.7. The first-order chi connectivity index (χ1) is 12.8. The fraction of sp³-hybridized carbons (Fsp3) is 0.150. The lowest BCUT2D eigenvalue weighted by atomic mass is 10.1. The molecule has 0 aliphatic rings. The molecule has 1 amide bonds. The lowest BCUT2D eigenvalue weighted by molar-refractivity contribution is -0.116. The molecular formula is C20H18N4OS. The van der Waals surface area contributed by atoms with Crippen molar-refractivity contribution in [3.8, 4) is 6.07 Å². The van der Waals surface area contributed by atoms with E-state index in [9.17, 15) is 10.1 Å². The summed E-state index contributed by atoms with van der Waals surface area (Å²) in [5.41, 5.74) is 2.63. The second-order valence-corrected chi connectivity index (χ2v) is 6.66. The molecule has 3 rings (SSSR count). The third-order valence-corrected chi connectivity index (χ3v) is 4.86. The van der Waals surface area contributed by atoms with Crippen molar-refractivity contribution < 1.29 is 4.79 Å². The molecule has 6 heteroatoms. The summed E-state index contributed by atoms with van der Waals surface area (Å²) in [7, 11) is 0. The number of carbonyl (C=O) groups excluding carboxylic acids is 1. The lowest BCUT2D eigenvalue weighted by Crippen LogP contribution is -2.13. The summed E-state index contributed by atoms with van der Waals surface area (Å²) < 4.78 is 0. The zero-order valence-corrected chi connectivity index (χ0v) is 14.9. The molecule has 0 bridgehead atoms. The van der Waals surface area contributed by atoms with E-state index in [0.29, 0.717) is 35.0 Å². The highest BCUT2D eigenvalue weighted by Gasteiger charge is 2.15. The summed E-state index contributed by atoms with van der Waals surface area (Å²) in [6.07, 6.45) is 0.999. The Bertz CT molecular complexity index is 901. The summed E-state index contributed by atoms with van der Waals surface area (Å²) >= 11 is 1.47. The number of nitrogens with one attached hydrogen (secondary N) is 2. The van der Waals surface area contributed by atoms with Crippen LogP contribution in [0.3, 0.4) is 0 Å². The highest BCUT2D eigenvalue weighted by Crippen LogP contribution is 2.28. The van der Waals surface area contributed by atoms with Crippen LogP contribution in [-0.4, -0.2) is 16.1 Å². The molecule has 2 N–H and O–H groups in total. The Balaban J connectivity index is 1.59. The first-order valence-electron chi connectivity index (χ1n) is 8.25. The zero-order valence-electron chi connectivity index (χ0n) is 14.1. The average molecular weight is 362 g/mol. The number of H-pyrrole nitrogens is 1. The zero-order chi connectivity index (χ0) is 18.2. The Morgan fingerprint density at radius 1 is 1.08 bits per heavy atom. The minimum absolute atomic E-state index is 0.145. The third kappa shape index (κ3) is 4.74. The predicted molar refractivity (Wildman–Crippen MR) is 103 cm³/mol. The molecule has 1 aromatic heterocycles. The SMILES string of the molecule is N#Cc1c(SCc2ccccc2)n[nH]c1NC(=O)CCc1ccccc1. The standard InChI is InChI=1S/C20H18N4OS/c21-13-17-19(22-18(25)12-11-15-7-3-1-4-8-15)23-24-20(17)26-14-16-9-5-2-6-10-16/h1-10H,11-12,14H2,(H2,22,23,24,25). The van der Waals surface area contributed by atoms with Crippen LogP contribution >= 0.6 is 11.8 Å². The van der Waals surface area contributed by atoms with Crippen molar-refractivity contribution in [1.82, 2.24) is 10.2 Å². The summed E-state index contributed by atoms with van der Waals surface area (Å²) in [4.78, 5) is 12.2. The van der Waals surface area contributed by atoms with Crippen LogP contribution in [-0.2, 0) is 17.0 Å². The topological polar surface area (TPSA) is 81.6 Å². The number of aryl methyl sites for hydroxylation is 1. The van der Waals surface area contributed by atoms with Crippen molar-refractivity contribution in [1.29, 1.82) is 5.26 Å². The number of carbonyl (C=O) groups is 1. The second-order valence-electron chi connectivity index (χ2n) is 5.70. The molecule has 0 spiro atoms. The Labute approximate surface area is 156 Å². The van der Waals surface area contributed by atoms with Gasteiger partial charge in [0.1, 0.15) is 22.5 Å². The van der Waals surface area contributed by atoms with Crippen LogP contribution in [0.5, 0.6) is 0 Å². The molecule has 0 saturated heterocycles. The van der Waals surface area contributed by atoms with E-state index in [1.807, 2.05) is 60.7 Å². The Kier molecular flexibility index (Phi) is 6.07. The van der Waals surface area contributed by atoms with Crippen molar-refractivity contribution >= 4 is 23.5 Å². The van der Waals surface area contributed by atoms with E-state index in [4.69, 9.17) is 0 Å². The van der Waals surface area contributed by atoms with Crippen LogP contribution in [0.15, 0.2) is 65.7 Å². The lowest BCUT2D eigenvalue weighted by Gasteiger charge is -2.04. The first-order valence-corrected chi connectivity index (χ1v) is 9.24. The van der Waals surface area contributed by atoms with Crippen LogP contribution in [0.4, 0.5) is 5.82 Å². The molecule has 0 fully saturated rings. The number of hydrogen-bond acceptors (Lipinski definition) is 4. The van der Waals surface area contributed by atoms with Gasteiger partial charge in [-0.15, -0.1) is 0 Å². The van der Waals surface area contributed by atoms with Gasteiger partial charge in [-0.3, -0.25) is 9.89 Å². The van der Waals surface area contributed by atoms with Gasteiger partial charge in [-0.05, 0) is 17.5 Å². The highest BCUT2D eigenvalue weighted by atomic mass is 32.2. The van der Waals surface area contributed by atoms with Crippen LogP contribution in [0, 0.1) is 11.3 Å². The number of nitriles is 1. The van der Waals surface area contributed by atoms with E-state index in [2.05, 4.69) is 21.6 Å². The van der Waals surface area contributed by atoms with Crippen molar-refractivity contribution in [2.75, 3.05) is 5.32 Å². The maximum atomic E-state index is 12.2. The Morgan fingerprint density at radius 2 is 1.73 bits per heavy atom. The van der Waals surface area contributed by atoms with Gasteiger partial charge >= 0.3 is 0 Å². The summed E-state index contributed by atoms with van der Waals surface area (Å²) in [6, 6.07) is 21.9. The van der Waals surface area contributed by atoms with E-state index in [1.165, 1.54) is 11.8 Å². The minimum atomic E-state index is -0.145. The molecule has 0 saturated carbocycles. The number of anilines is 1. The van der Waals surface area contributed by atoms with Gasteiger partial charge in [0.15, 0.2) is 0 Å². The number of thioether (sulfide) groups is 1. The highest BCUT2D eigenvalue weighted by molar-refractivity contribution is 7.98. The molecule has 26 heavy (non-hydrogen) atoms. The molecule has 1 heterocycles. The van der Waals surface area contributed by atoms with Crippen molar-refractivity contribution in [2.45, 2.75) is 23.6 Å². The number of rotatable bonds is 7. The minimum Gasteiger partial charge on any atom is -0.310 e. The van der Waals surface area contributed by atoms with Crippen molar-refractivity contribution in [3.05, 3.63) is 77.4 Å². The molecule has 3 aromatic rings. The maximum Gasteiger partial charge on any atom is 0.225 e. The molecule has 0 atom stereocenters. The first kappa shape index (κ1) is 17.8.